The van der Waals surface area contributed by atoms with Crippen molar-refractivity contribution in [3.63, 3.8) is 0 Å². The lowest BCUT2D eigenvalue weighted by Crippen LogP contribution is -2.43. The van der Waals surface area contributed by atoms with E-state index in [4.69, 9.17) is 16.2 Å². The summed E-state index contributed by atoms with van der Waals surface area (Å²) in [5.41, 5.74) is 11.8. The molecule has 9 nitrogen and oxygen atoms in total. The van der Waals surface area contributed by atoms with Crippen LogP contribution in [0.15, 0.2) is 18.5 Å². The summed E-state index contributed by atoms with van der Waals surface area (Å²) >= 11 is 0. The minimum absolute atomic E-state index is 0.0132. The Kier molecular flexibility index (Phi) is 5.65. The predicted octanol–water partition coefficient (Wildman–Crippen LogP) is 1.54. The van der Waals surface area contributed by atoms with E-state index in [1.807, 2.05) is 0 Å². The number of rotatable bonds is 6. The van der Waals surface area contributed by atoms with Gasteiger partial charge < -0.3 is 26.8 Å². The number of anilines is 3. The van der Waals surface area contributed by atoms with Gasteiger partial charge in [0.25, 0.3) is 5.91 Å². The van der Waals surface area contributed by atoms with Gasteiger partial charge in [0, 0.05) is 12.1 Å². The van der Waals surface area contributed by atoms with Crippen LogP contribution >= 0.6 is 0 Å². The van der Waals surface area contributed by atoms with Crippen molar-refractivity contribution in [2.45, 2.75) is 37.8 Å². The Hall–Kier alpha value is -3.01. The SMILES string of the molecule is COc1ncc(Nc2nc(NC3CCCCC3N)c(F)cc2C(N)=O)cn1. The molecule has 2 atom stereocenters. The highest BCUT2D eigenvalue weighted by atomic mass is 19.1. The molecule has 1 saturated carbocycles. The van der Waals surface area contributed by atoms with Crippen LogP contribution in [-0.2, 0) is 0 Å². The Balaban J connectivity index is 1.89. The third-order valence-electron chi connectivity index (χ3n) is 4.46. The molecule has 27 heavy (non-hydrogen) atoms. The van der Waals surface area contributed by atoms with E-state index in [0.717, 1.165) is 31.7 Å². The van der Waals surface area contributed by atoms with E-state index < -0.39 is 11.7 Å². The summed E-state index contributed by atoms with van der Waals surface area (Å²) in [7, 11) is 1.45. The molecule has 0 radical (unpaired) electrons. The number of pyridine rings is 1. The van der Waals surface area contributed by atoms with E-state index in [9.17, 15) is 9.18 Å². The smallest absolute Gasteiger partial charge is 0.316 e. The van der Waals surface area contributed by atoms with Gasteiger partial charge in [0.1, 0.15) is 5.82 Å². The molecule has 2 heterocycles. The van der Waals surface area contributed by atoms with Crippen LogP contribution in [0.1, 0.15) is 36.0 Å². The van der Waals surface area contributed by atoms with E-state index in [1.54, 1.807) is 0 Å². The highest BCUT2D eigenvalue weighted by Crippen LogP contribution is 2.26. The van der Waals surface area contributed by atoms with Crippen LogP contribution < -0.4 is 26.8 Å². The molecule has 0 bridgehead atoms. The fourth-order valence-corrected chi connectivity index (χ4v) is 3.01. The number of hydrogen-bond acceptors (Lipinski definition) is 8. The largest absolute Gasteiger partial charge is 0.467 e. The Morgan fingerprint density at radius 1 is 1.26 bits per heavy atom. The molecule has 0 aliphatic heterocycles. The zero-order valence-corrected chi connectivity index (χ0v) is 14.9. The molecule has 1 amide bonds. The van der Waals surface area contributed by atoms with Crippen molar-refractivity contribution in [2.75, 3.05) is 17.7 Å². The van der Waals surface area contributed by atoms with Crippen LogP contribution in [-0.4, -0.2) is 40.1 Å². The number of amides is 1. The first kappa shape index (κ1) is 18.8. The van der Waals surface area contributed by atoms with Gasteiger partial charge in [0.2, 0.25) is 0 Å². The first-order valence-electron chi connectivity index (χ1n) is 8.63. The number of hydrogen-bond donors (Lipinski definition) is 4. The van der Waals surface area contributed by atoms with Gasteiger partial charge in [0.05, 0.1) is 30.8 Å². The second-order valence-corrected chi connectivity index (χ2v) is 6.36. The molecular formula is C17H22FN7O2. The lowest BCUT2D eigenvalue weighted by atomic mass is 9.91. The van der Waals surface area contributed by atoms with Crippen molar-refractivity contribution in [3.05, 3.63) is 29.8 Å². The average Bonchev–Trinajstić information content (AvgIpc) is 2.66. The molecule has 6 N–H and O–H groups in total. The monoisotopic (exact) mass is 375 g/mol. The molecular weight excluding hydrogens is 353 g/mol. The van der Waals surface area contributed by atoms with Gasteiger partial charge in [-0.05, 0) is 18.9 Å². The number of nitrogens with zero attached hydrogens (tertiary/aromatic N) is 3. The Morgan fingerprint density at radius 2 is 1.96 bits per heavy atom. The molecule has 144 valence electrons. The third kappa shape index (κ3) is 4.40. The molecule has 1 aliphatic rings. The van der Waals surface area contributed by atoms with E-state index in [2.05, 4.69) is 25.6 Å². The molecule has 0 aromatic carbocycles. The van der Waals surface area contributed by atoms with Crippen LogP contribution in [0.25, 0.3) is 0 Å². The Morgan fingerprint density at radius 3 is 2.59 bits per heavy atom. The first-order valence-corrected chi connectivity index (χ1v) is 8.63. The Bertz CT molecular complexity index is 816. The minimum Gasteiger partial charge on any atom is -0.467 e. The highest BCUT2D eigenvalue weighted by molar-refractivity contribution is 5.98. The summed E-state index contributed by atoms with van der Waals surface area (Å²) in [6.07, 6.45) is 6.67. The summed E-state index contributed by atoms with van der Waals surface area (Å²) in [6.45, 7) is 0. The first-order chi connectivity index (χ1) is 13.0. The van der Waals surface area contributed by atoms with E-state index in [0.29, 0.717) is 5.69 Å². The number of primary amides is 1. The fraction of sp³-hybridized carbons (Fsp3) is 0.412. The van der Waals surface area contributed by atoms with E-state index in [1.165, 1.54) is 19.5 Å². The number of methoxy groups -OCH3 is 1. The third-order valence-corrected chi connectivity index (χ3v) is 4.46. The molecule has 1 aliphatic carbocycles. The van der Waals surface area contributed by atoms with Crippen molar-refractivity contribution in [1.82, 2.24) is 15.0 Å². The van der Waals surface area contributed by atoms with Gasteiger partial charge in [-0.1, -0.05) is 12.8 Å². The normalized spacial score (nSPS) is 19.4. The molecule has 2 unspecified atom stereocenters. The van der Waals surface area contributed by atoms with Crippen molar-refractivity contribution < 1.29 is 13.9 Å². The molecule has 2 aromatic heterocycles. The molecule has 1 fully saturated rings. The van der Waals surface area contributed by atoms with Crippen LogP contribution in [0.4, 0.5) is 21.7 Å². The van der Waals surface area contributed by atoms with Crippen molar-refractivity contribution in [2.24, 2.45) is 11.5 Å². The quantitative estimate of drug-likeness (QED) is 0.596. The van der Waals surface area contributed by atoms with E-state index in [-0.39, 0.29) is 35.3 Å². The van der Waals surface area contributed by atoms with Gasteiger partial charge in [0.15, 0.2) is 11.6 Å². The van der Waals surface area contributed by atoms with Crippen molar-refractivity contribution in [3.8, 4) is 6.01 Å². The van der Waals surface area contributed by atoms with Crippen LogP contribution in [0.2, 0.25) is 0 Å². The number of aromatic nitrogens is 3. The summed E-state index contributed by atoms with van der Waals surface area (Å²) in [6, 6.07) is 1.08. The predicted molar refractivity (Wildman–Crippen MR) is 98.4 cm³/mol. The fourth-order valence-electron chi connectivity index (χ4n) is 3.01. The van der Waals surface area contributed by atoms with Crippen LogP contribution in [0.3, 0.4) is 0 Å². The molecule has 0 saturated heterocycles. The average molecular weight is 375 g/mol. The standard InChI is InChI=1S/C17H22FN7O2/c1-27-17-21-7-9(8-22-17)23-15-10(14(20)26)6-11(18)16(25-15)24-13-5-3-2-4-12(13)19/h6-8,12-13H,2-5,19H2,1H3,(H2,20,26)(H2,23,24,25). The zero-order chi connectivity index (χ0) is 19.4. The molecule has 2 aromatic rings. The molecule has 10 heteroatoms. The van der Waals surface area contributed by atoms with Crippen LogP contribution in [0.5, 0.6) is 6.01 Å². The second-order valence-electron chi connectivity index (χ2n) is 6.36. The van der Waals surface area contributed by atoms with Crippen molar-refractivity contribution >= 4 is 23.2 Å². The summed E-state index contributed by atoms with van der Waals surface area (Å²) in [4.78, 5) is 23.9. The van der Waals surface area contributed by atoms with Crippen molar-refractivity contribution in [1.29, 1.82) is 0 Å². The maximum atomic E-state index is 14.5. The van der Waals surface area contributed by atoms with Gasteiger partial charge in [-0.15, -0.1) is 0 Å². The zero-order valence-electron chi connectivity index (χ0n) is 14.9. The maximum Gasteiger partial charge on any atom is 0.316 e. The van der Waals surface area contributed by atoms with Gasteiger partial charge in [-0.25, -0.2) is 19.3 Å². The van der Waals surface area contributed by atoms with Gasteiger partial charge in [-0.2, -0.15) is 0 Å². The highest BCUT2D eigenvalue weighted by Gasteiger charge is 2.24. The van der Waals surface area contributed by atoms with Crippen LogP contribution in [0, 0.1) is 5.82 Å². The minimum atomic E-state index is -0.806. The summed E-state index contributed by atoms with van der Waals surface area (Å²) in [5.74, 6) is -1.36. The second kappa shape index (κ2) is 8.12. The number of nitrogens with one attached hydrogen (secondary N) is 2. The maximum absolute atomic E-state index is 14.5. The molecule has 3 rings (SSSR count). The lowest BCUT2D eigenvalue weighted by Gasteiger charge is -2.30. The Labute approximate surface area is 155 Å². The topological polar surface area (TPSA) is 141 Å². The lowest BCUT2D eigenvalue weighted by molar-refractivity contribution is 0.100. The van der Waals surface area contributed by atoms with E-state index >= 15 is 0 Å². The van der Waals surface area contributed by atoms with Gasteiger partial charge in [-0.3, -0.25) is 4.79 Å². The summed E-state index contributed by atoms with van der Waals surface area (Å²) < 4.78 is 19.4. The number of halogens is 1. The number of ether oxygens (including phenoxy) is 1. The number of carbonyl (C=O) groups excluding carboxylic acids is 1. The number of carbonyl (C=O) groups is 1. The number of nitrogens with two attached hydrogens (primary N) is 2. The summed E-state index contributed by atoms with van der Waals surface area (Å²) in [5, 5.41) is 5.95. The van der Waals surface area contributed by atoms with Gasteiger partial charge >= 0.3 is 6.01 Å². The molecule has 0 spiro atoms.